The maximum atomic E-state index is 6.10. The SMILES string of the molecule is CCOc1cccc(Nc2ccc(Br)cc2C)c1N. The molecule has 0 amide bonds. The molecule has 0 aliphatic rings. The van der Waals surface area contributed by atoms with Gasteiger partial charge in [0.15, 0.2) is 0 Å². The van der Waals surface area contributed by atoms with E-state index in [1.54, 1.807) is 0 Å². The van der Waals surface area contributed by atoms with E-state index >= 15 is 0 Å². The third kappa shape index (κ3) is 3.20. The number of aryl methyl sites for hydroxylation is 1. The molecule has 0 saturated heterocycles. The van der Waals surface area contributed by atoms with Gasteiger partial charge in [-0.2, -0.15) is 0 Å². The van der Waals surface area contributed by atoms with E-state index in [9.17, 15) is 0 Å². The van der Waals surface area contributed by atoms with E-state index in [1.165, 1.54) is 0 Å². The van der Waals surface area contributed by atoms with E-state index in [4.69, 9.17) is 10.5 Å². The second-order valence-electron chi connectivity index (χ2n) is 4.23. The van der Waals surface area contributed by atoms with Crippen LogP contribution in [-0.4, -0.2) is 6.61 Å². The highest BCUT2D eigenvalue weighted by Gasteiger charge is 2.07. The van der Waals surface area contributed by atoms with Crippen LogP contribution >= 0.6 is 15.9 Å². The molecule has 0 heterocycles. The quantitative estimate of drug-likeness (QED) is 0.816. The van der Waals surface area contributed by atoms with Crippen LogP contribution in [0.1, 0.15) is 12.5 Å². The molecular formula is C15H17BrN2O. The van der Waals surface area contributed by atoms with Crippen LogP contribution in [0.25, 0.3) is 0 Å². The summed E-state index contributed by atoms with van der Waals surface area (Å²) in [6.07, 6.45) is 0. The van der Waals surface area contributed by atoms with Crippen LogP contribution in [0.4, 0.5) is 17.1 Å². The first-order chi connectivity index (χ1) is 9.11. The number of para-hydroxylation sites is 1. The number of hydrogen-bond acceptors (Lipinski definition) is 3. The second-order valence-corrected chi connectivity index (χ2v) is 5.15. The number of nitrogens with one attached hydrogen (secondary N) is 1. The Hall–Kier alpha value is -1.68. The molecule has 2 aromatic carbocycles. The lowest BCUT2D eigenvalue weighted by molar-refractivity contribution is 0.342. The van der Waals surface area contributed by atoms with Gasteiger partial charge in [0.1, 0.15) is 5.75 Å². The highest BCUT2D eigenvalue weighted by atomic mass is 79.9. The van der Waals surface area contributed by atoms with E-state index < -0.39 is 0 Å². The zero-order valence-corrected chi connectivity index (χ0v) is 12.6. The first kappa shape index (κ1) is 13.7. The van der Waals surface area contributed by atoms with Gasteiger partial charge in [-0.1, -0.05) is 22.0 Å². The van der Waals surface area contributed by atoms with Crippen molar-refractivity contribution in [2.24, 2.45) is 0 Å². The van der Waals surface area contributed by atoms with Gasteiger partial charge < -0.3 is 15.8 Å². The van der Waals surface area contributed by atoms with Gasteiger partial charge in [0.25, 0.3) is 0 Å². The standard InChI is InChI=1S/C15H17BrN2O/c1-3-19-14-6-4-5-13(15(14)17)18-12-8-7-11(16)9-10(12)2/h4-9,18H,3,17H2,1-2H3. The lowest BCUT2D eigenvalue weighted by Crippen LogP contribution is -2.01. The Kier molecular flexibility index (Phi) is 4.32. The monoisotopic (exact) mass is 320 g/mol. The van der Waals surface area contributed by atoms with E-state index in [2.05, 4.69) is 34.2 Å². The summed E-state index contributed by atoms with van der Waals surface area (Å²) in [4.78, 5) is 0. The molecule has 0 aliphatic carbocycles. The maximum Gasteiger partial charge on any atom is 0.144 e. The van der Waals surface area contributed by atoms with E-state index in [1.807, 2.05) is 37.3 Å². The summed E-state index contributed by atoms with van der Waals surface area (Å²) < 4.78 is 6.55. The summed E-state index contributed by atoms with van der Waals surface area (Å²) in [7, 11) is 0. The van der Waals surface area contributed by atoms with Crippen molar-refractivity contribution in [3.8, 4) is 5.75 Å². The van der Waals surface area contributed by atoms with Gasteiger partial charge >= 0.3 is 0 Å². The first-order valence-electron chi connectivity index (χ1n) is 6.16. The van der Waals surface area contributed by atoms with Crippen molar-refractivity contribution >= 4 is 33.0 Å². The molecule has 0 bridgehead atoms. The van der Waals surface area contributed by atoms with Crippen LogP contribution in [0.3, 0.4) is 0 Å². The molecule has 0 radical (unpaired) electrons. The molecule has 19 heavy (non-hydrogen) atoms. The van der Waals surface area contributed by atoms with Gasteiger partial charge in [-0.25, -0.2) is 0 Å². The summed E-state index contributed by atoms with van der Waals surface area (Å²) >= 11 is 3.46. The van der Waals surface area contributed by atoms with Crippen LogP contribution in [-0.2, 0) is 0 Å². The molecule has 100 valence electrons. The van der Waals surface area contributed by atoms with Crippen LogP contribution in [0.5, 0.6) is 5.75 Å². The van der Waals surface area contributed by atoms with Gasteiger partial charge in [0.2, 0.25) is 0 Å². The Morgan fingerprint density at radius 3 is 2.68 bits per heavy atom. The van der Waals surface area contributed by atoms with Gasteiger partial charge in [0.05, 0.1) is 18.0 Å². The second kappa shape index (κ2) is 5.97. The van der Waals surface area contributed by atoms with Gasteiger partial charge in [0, 0.05) is 10.2 Å². The zero-order valence-electron chi connectivity index (χ0n) is 11.0. The Bertz CT molecular complexity index is 584. The number of hydrogen-bond donors (Lipinski definition) is 2. The highest BCUT2D eigenvalue weighted by Crippen LogP contribution is 2.32. The van der Waals surface area contributed by atoms with Crippen LogP contribution in [0.15, 0.2) is 40.9 Å². The van der Waals surface area contributed by atoms with E-state index in [0.717, 1.165) is 21.4 Å². The van der Waals surface area contributed by atoms with Gasteiger partial charge in [-0.3, -0.25) is 0 Å². The molecule has 0 atom stereocenters. The number of nitrogens with two attached hydrogens (primary N) is 1. The fourth-order valence-corrected chi connectivity index (χ4v) is 2.32. The fraction of sp³-hybridized carbons (Fsp3) is 0.200. The van der Waals surface area contributed by atoms with E-state index in [-0.39, 0.29) is 0 Å². The van der Waals surface area contributed by atoms with Crippen molar-refractivity contribution in [1.82, 2.24) is 0 Å². The number of nitrogen functional groups attached to an aromatic ring is 1. The molecule has 2 rings (SSSR count). The van der Waals surface area contributed by atoms with Crippen molar-refractivity contribution in [3.63, 3.8) is 0 Å². The van der Waals surface area contributed by atoms with Crippen molar-refractivity contribution < 1.29 is 4.74 Å². The molecule has 3 N–H and O–H groups in total. The number of benzene rings is 2. The number of halogens is 1. The molecule has 2 aromatic rings. The predicted octanol–water partition coefficient (Wildman–Crippen LogP) is 4.48. The largest absolute Gasteiger partial charge is 0.492 e. The molecule has 0 aromatic heterocycles. The smallest absolute Gasteiger partial charge is 0.144 e. The number of anilines is 3. The zero-order chi connectivity index (χ0) is 13.8. The summed E-state index contributed by atoms with van der Waals surface area (Å²) in [6.45, 7) is 4.60. The Balaban J connectivity index is 2.30. The molecular weight excluding hydrogens is 304 g/mol. The van der Waals surface area contributed by atoms with Gasteiger partial charge in [-0.05, 0) is 49.7 Å². The Morgan fingerprint density at radius 1 is 1.21 bits per heavy atom. The topological polar surface area (TPSA) is 47.3 Å². The first-order valence-corrected chi connectivity index (χ1v) is 6.95. The third-order valence-electron chi connectivity index (χ3n) is 2.82. The fourth-order valence-electron chi connectivity index (χ4n) is 1.85. The molecule has 0 spiro atoms. The van der Waals surface area contributed by atoms with Crippen LogP contribution in [0, 0.1) is 6.92 Å². The van der Waals surface area contributed by atoms with Gasteiger partial charge in [-0.15, -0.1) is 0 Å². The molecule has 0 saturated carbocycles. The van der Waals surface area contributed by atoms with Crippen molar-refractivity contribution in [3.05, 3.63) is 46.4 Å². The molecule has 4 heteroatoms. The van der Waals surface area contributed by atoms with Crippen molar-refractivity contribution in [2.45, 2.75) is 13.8 Å². The minimum absolute atomic E-state index is 0.602. The number of ether oxygens (including phenoxy) is 1. The Labute approximate surface area is 121 Å². The molecule has 0 unspecified atom stereocenters. The normalized spacial score (nSPS) is 10.3. The minimum Gasteiger partial charge on any atom is -0.492 e. The predicted molar refractivity (Wildman–Crippen MR) is 84.2 cm³/mol. The summed E-state index contributed by atoms with van der Waals surface area (Å²) in [5.41, 5.74) is 9.77. The van der Waals surface area contributed by atoms with Crippen LogP contribution < -0.4 is 15.8 Å². The lowest BCUT2D eigenvalue weighted by atomic mass is 10.2. The summed E-state index contributed by atoms with van der Waals surface area (Å²) in [6, 6.07) is 11.8. The molecule has 3 nitrogen and oxygen atoms in total. The van der Waals surface area contributed by atoms with E-state index in [0.29, 0.717) is 18.0 Å². The average Bonchev–Trinajstić information content (AvgIpc) is 2.37. The lowest BCUT2D eigenvalue weighted by Gasteiger charge is -2.14. The molecule has 0 aliphatic heterocycles. The maximum absolute atomic E-state index is 6.10. The Morgan fingerprint density at radius 2 is 2.00 bits per heavy atom. The molecule has 0 fully saturated rings. The highest BCUT2D eigenvalue weighted by molar-refractivity contribution is 9.10. The third-order valence-corrected chi connectivity index (χ3v) is 3.32. The summed E-state index contributed by atoms with van der Waals surface area (Å²) in [5, 5.41) is 3.34. The summed E-state index contributed by atoms with van der Waals surface area (Å²) in [5.74, 6) is 0.710. The average molecular weight is 321 g/mol. The van der Waals surface area contributed by atoms with Crippen LogP contribution in [0.2, 0.25) is 0 Å². The minimum atomic E-state index is 0.602. The van der Waals surface area contributed by atoms with Crippen molar-refractivity contribution in [1.29, 1.82) is 0 Å². The number of rotatable bonds is 4. The van der Waals surface area contributed by atoms with Crippen molar-refractivity contribution in [2.75, 3.05) is 17.7 Å².